The van der Waals surface area contributed by atoms with Crippen LogP contribution in [0.15, 0.2) is 11.1 Å². The van der Waals surface area contributed by atoms with Crippen LogP contribution in [0.4, 0.5) is 0 Å². The zero-order valence-electron chi connectivity index (χ0n) is 20.0. The van der Waals surface area contributed by atoms with E-state index < -0.39 is 0 Å². The Morgan fingerprint density at radius 2 is 1.77 bits per heavy atom. The highest BCUT2D eigenvalue weighted by Gasteiger charge is 2.71. The molecule has 0 radical (unpaired) electrons. The molecule has 0 bridgehead atoms. The molecule has 0 aromatic heterocycles. The zero-order valence-corrected chi connectivity index (χ0v) is 20.0. The molecule has 2 N–H and O–H groups in total. The fraction of sp³-hybridized carbons (Fsp3) is 0.926. The van der Waals surface area contributed by atoms with E-state index in [4.69, 9.17) is 4.74 Å². The van der Waals surface area contributed by atoms with Crippen LogP contribution in [0.5, 0.6) is 0 Å². The highest BCUT2D eigenvalue weighted by atomic mass is 16.5. The quantitative estimate of drug-likeness (QED) is 0.561. The molecule has 4 aliphatic carbocycles. The van der Waals surface area contributed by atoms with Crippen LogP contribution in [0.1, 0.15) is 105 Å². The predicted molar refractivity (Wildman–Crippen MR) is 120 cm³/mol. The van der Waals surface area contributed by atoms with Crippen LogP contribution in [0, 0.1) is 28.1 Å². The summed E-state index contributed by atoms with van der Waals surface area (Å²) in [7, 11) is 0. The van der Waals surface area contributed by atoms with Crippen LogP contribution in [0.3, 0.4) is 0 Å². The summed E-state index contributed by atoms with van der Waals surface area (Å²) in [4.78, 5) is 0. The second kappa shape index (κ2) is 6.81. The van der Waals surface area contributed by atoms with Crippen molar-refractivity contribution < 1.29 is 14.9 Å². The lowest BCUT2D eigenvalue weighted by Gasteiger charge is -2.60. The van der Waals surface area contributed by atoms with E-state index in [-0.39, 0.29) is 34.7 Å². The third-order valence-electron chi connectivity index (χ3n) is 11.5. The summed E-state index contributed by atoms with van der Waals surface area (Å²) in [5, 5.41) is 20.9. The molecule has 0 unspecified atom stereocenters. The minimum absolute atomic E-state index is 0.00707. The van der Waals surface area contributed by atoms with Crippen molar-refractivity contribution in [3.05, 3.63) is 11.1 Å². The number of allylic oxidation sites excluding steroid dienone is 2. The molecule has 9 atom stereocenters. The van der Waals surface area contributed by atoms with Gasteiger partial charge in [0.05, 0.1) is 23.9 Å². The number of hydrogen-bond acceptors (Lipinski definition) is 3. The van der Waals surface area contributed by atoms with E-state index in [1.807, 2.05) is 0 Å². The van der Waals surface area contributed by atoms with Crippen LogP contribution >= 0.6 is 0 Å². The summed E-state index contributed by atoms with van der Waals surface area (Å²) >= 11 is 0. The molecule has 0 amide bonds. The molecule has 3 heteroatoms. The smallest absolute Gasteiger partial charge is 0.0845 e. The molecule has 3 nitrogen and oxygen atoms in total. The first-order chi connectivity index (χ1) is 14.1. The number of aliphatic hydroxyl groups excluding tert-OH is 2. The van der Waals surface area contributed by atoms with E-state index in [0.717, 1.165) is 38.5 Å². The Hall–Kier alpha value is -0.380. The molecule has 1 aliphatic heterocycles. The Kier molecular flexibility index (Phi) is 4.87. The maximum Gasteiger partial charge on any atom is 0.0845 e. The number of ether oxygens (including phenoxy) is 1. The Morgan fingerprint density at radius 1 is 1.00 bits per heavy atom. The fourth-order valence-corrected chi connectivity index (χ4v) is 9.32. The van der Waals surface area contributed by atoms with E-state index in [1.165, 1.54) is 32.1 Å². The molecule has 5 rings (SSSR count). The van der Waals surface area contributed by atoms with Gasteiger partial charge in [0.15, 0.2) is 0 Å². The van der Waals surface area contributed by atoms with E-state index >= 15 is 0 Å². The highest BCUT2D eigenvalue weighted by molar-refractivity contribution is 5.40. The van der Waals surface area contributed by atoms with Gasteiger partial charge in [0, 0.05) is 5.41 Å². The van der Waals surface area contributed by atoms with Crippen molar-refractivity contribution in [1.29, 1.82) is 0 Å². The second-order valence-electron chi connectivity index (χ2n) is 12.4. The van der Waals surface area contributed by atoms with Crippen LogP contribution in [0.25, 0.3) is 0 Å². The second-order valence-corrected chi connectivity index (χ2v) is 12.4. The number of hydrogen-bond donors (Lipinski definition) is 2. The lowest BCUT2D eigenvalue weighted by molar-refractivity contribution is -0.167. The van der Waals surface area contributed by atoms with Gasteiger partial charge in [-0.15, -0.1) is 0 Å². The van der Waals surface area contributed by atoms with Crippen LogP contribution < -0.4 is 0 Å². The maximum absolute atomic E-state index is 10.6. The van der Waals surface area contributed by atoms with E-state index in [1.54, 1.807) is 11.1 Å². The average molecular weight is 417 g/mol. The van der Waals surface area contributed by atoms with Gasteiger partial charge in [-0.25, -0.2) is 0 Å². The molecule has 3 fully saturated rings. The Morgan fingerprint density at radius 3 is 2.50 bits per heavy atom. The molecule has 170 valence electrons. The summed E-state index contributed by atoms with van der Waals surface area (Å²) in [5.74, 6) is 1.17. The molecular weight excluding hydrogens is 372 g/mol. The molecule has 30 heavy (non-hydrogen) atoms. The predicted octanol–water partition coefficient (Wildman–Crippen LogP) is 5.78. The van der Waals surface area contributed by atoms with Crippen molar-refractivity contribution in [3.63, 3.8) is 0 Å². The van der Waals surface area contributed by atoms with Gasteiger partial charge >= 0.3 is 0 Å². The first kappa shape index (κ1) is 21.5. The van der Waals surface area contributed by atoms with E-state index in [9.17, 15) is 10.2 Å². The van der Waals surface area contributed by atoms with E-state index in [0.29, 0.717) is 17.3 Å². The molecule has 1 saturated heterocycles. The third-order valence-corrected chi connectivity index (χ3v) is 11.5. The van der Waals surface area contributed by atoms with Crippen LogP contribution in [-0.4, -0.2) is 34.1 Å². The van der Waals surface area contributed by atoms with Gasteiger partial charge in [0.2, 0.25) is 0 Å². The van der Waals surface area contributed by atoms with E-state index in [2.05, 4.69) is 34.6 Å². The van der Waals surface area contributed by atoms with Crippen molar-refractivity contribution in [1.82, 2.24) is 0 Å². The average Bonchev–Trinajstić information content (AvgIpc) is 3.18. The largest absolute Gasteiger partial charge is 0.393 e. The number of rotatable bonds is 2. The first-order valence-corrected chi connectivity index (χ1v) is 12.9. The minimum Gasteiger partial charge on any atom is -0.393 e. The summed E-state index contributed by atoms with van der Waals surface area (Å²) < 4.78 is 6.93. The SMILES string of the molecule is CC[C@H](O)[C@@H]1C[C@@H](C)[C@]2(CC[C@@]3(C)C4=C(CC[C@@]32C)[C@@]2(C)CC[C@H](O)C[C@@H]2CC4)O1. The van der Waals surface area contributed by atoms with Gasteiger partial charge in [-0.2, -0.15) is 0 Å². The fourth-order valence-electron chi connectivity index (χ4n) is 9.32. The zero-order chi connectivity index (χ0) is 21.5. The molecule has 0 aromatic rings. The van der Waals surface area contributed by atoms with Crippen molar-refractivity contribution in [2.75, 3.05) is 0 Å². The normalized spacial score (nSPS) is 54.1. The Labute approximate surface area is 183 Å². The molecule has 1 spiro atoms. The number of aliphatic hydroxyl groups is 2. The minimum atomic E-state index is -0.330. The number of fused-ring (bicyclic) bond motifs is 5. The summed E-state index contributed by atoms with van der Waals surface area (Å²) in [6, 6.07) is 0. The Balaban J connectivity index is 1.53. The van der Waals surface area contributed by atoms with Gasteiger partial charge < -0.3 is 14.9 Å². The monoisotopic (exact) mass is 416 g/mol. The molecular formula is C27H44O3. The van der Waals surface area contributed by atoms with Gasteiger partial charge in [-0.3, -0.25) is 0 Å². The lowest BCUT2D eigenvalue weighted by Crippen LogP contribution is -2.56. The third kappa shape index (κ3) is 2.49. The maximum atomic E-state index is 10.6. The standard InChI is InChI=1S/C27H44O3/c1-6-22(29)23-15-17(2)27(30-23)14-13-25(4)21-8-7-18-16-19(28)9-11-24(18,3)20(21)10-12-26(25,27)5/h17-19,22-23,28-29H,6-16H2,1-5H3/t17-,18+,19+,22+,23+,24+,25+,26+,27+/m1/s1. The van der Waals surface area contributed by atoms with Crippen molar-refractivity contribution in [2.45, 2.75) is 129 Å². The molecule has 5 aliphatic rings. The first-order valence-electron chi connectivity index (χ1n) is 12.9. The molecule has 2 saturated carbocycles. The van der Waals surface area contributed by atoms with Crippen molar-refractivity contribution in [3.8, 4) is 0 Å². The topological polar surface area (TPSA) is 49.7 Å². The lowest BCUT2D eigenvalue weighted by atomic mass is 9.45. The summed E-state index contributed by atoms with van der Waals surface area (Å²) in [6.45, 7) is 12.1. The highest BCUT2D eigenvalue weighted by Crippen LogP contribution is 2.74. The molecule has 1 heterocycles. The van der Waals surface area contributed by atoms with Gasteiger partial charge in [-0.05, 0) is 93.3 Å². The van der Waals surface area contributed by atoms with Gasteiger partial charge in [0.1, 0.15) is 0 Å². The Bertz CT molecular complexity index is 744. The van der Waals surface area contributed by atoms with Gasteiger partial charge in [0.25, 0.3) is 0 Å². The molecule has 0 aromatic carbocycles. The van der Waals surface area contributed by atoms with Crippen molar-refractivity contribution >= 4 is 0 Å². The summed E-state index contributed by atoms with van der Waals surface area (Å²) in [6.07, 6.45) is 11.8. The van der Waals surface area contributed by atoms with Crippen LogP contribution in [0.2, 0.25) is 0 Å². The van der Waals surface area contributed by atoms with Gasteiger partial charge in [-0.1, -0.05) is 45.8 Å². The van der Waals surface area contributed by atoms with Crippen molar-refractivity contribution in [2.24, 2.45) is 28.1 Å². The van der Waals surface area contributed by atoms with Crippen LogP contribution in [-0.2, 0) is 4.74 Å². The summed E-state index contributed by atoms with van der Waals surface area (Å²) in [5.41, 5.74) is 4.14.